The van der Waals surface area contributed by atoms with Gasteiger partial charge in [0.25, 0.3) is 0 Å². The smallest absolute Gasteiger partial charge is 0.193 e. The Morgan fingerprint density at radius 2 is 1.64 bits per heavy atom. The molecule has 0 aromatic heterocycles. The molecular weight excluding hydrogens is 320 g/mol. The minimum absolute atomic E-state index is 0.112. The topological polar surface area (TPSA) is 98.0 Å². The minimum Gasteiger partial charge on any atom is -0.508 e. The normalized spacial score (nSPS) is 10.8. The summed E-state index contributed by atoms with van der Waals surface area (Å²) in [6.45, 7) is 3.75. The van der Waals surface area contributed by atoms with Crippen LogP contribution in [0.5, 0.6) is 23.0 Å². The Kier molecular flexibility index (Phi) is 5.49. The van der Waals surface area contributed by atoms with Crippen molar-refractivity contribution in [2.75, 3.05) is 0 Å². The Bertz CT molecular complexity index is 841. The van der Waals surface area contributed by atoms with Gasteiger partial charge in [-0.3, -0.25) is 4.79 Å². The molecular formula is C20H20O5. The zero-order valence-electron chi connectivity index (χ0n) is 14.0. The van der Waals surface area contributed by atoms with Crippen LogP contribution < -0.4 is 0 Å². The minimum atomic E-state index is -0.596. The molecule has 0 aliphatic heterocycles. The summed E-state index contributed by atoms with van der Waals surface area (Å²) in [5, 5.41) is 39.5. The van der Waals surface area contributed by atoms with E-state index in [1.807, 2.05) is 13.8 Å². The molecule has 0 aliphatic rings. The van der Waals surface area contributed by atoms with E-state index in [0.717, 1.165) is 11.6 Å². The van der Waals surface area contributed by atoms with Gasteiger partial charge in [0.1, 0.15) is 28.6 Å². The second-order valence-corrected chi connectivity index (χ2v) is 5.89. The first kappa shape index (κ1) is 18.1. The Hall–Kier alpha value is -3.21. The molecule has 0 bridgehead atoms. The van der Waals surface area contributed by atoms with E-state index >= 15 is 0 Å². The van der Waals surface area contributed by atoms with Gasteiger partial charge in [0.15, 0.2) is 5.78 Å². The highest BCUT2D eigenvalue weighted by atomic mass is 16.3. The highest BCUT2D eigenvalue weighted by Gasteiger charge is 2.20. The summed E-state index contributed by atoms with van der Waals surface area (Å²) in [4.78, 5) is 12.4. The van der Waals surface area contributed by atoms with Gasteiger partial charge in [-0.15, -0.1) is 0 Å². The highest BCUT2D eigenvalue weighted by molar-refractivity contribution is 6.10. The fraction of sp³-hybridized carbons (Fsp3) is 0.150. The lowest BCUT2D eigenvalue weighted by molar-refractivity contribution is 0.104. The van der Waals surface area contributed by atoms with Crippen LogP contribution in [0.1, 0.15) is 35.3 Å². The number of aromatic hydroxyl groups is 4. The maximum Gasteiger partial charge on any atom is 0.193 e. The van der Waals surface area contributed by atoms with Crippen molar-refractivity contribution in [3.05, 3.63) is 64.7 Å². The van der Waals surface area contributed by atoms with Crippen molar-refractivity contribution in [1.82, 2.24) is 0 Å². The summed E-state index contributed by atoms with van der Waals surface area (Å²) in [7, 11) is 0. The van der Waals surface area contributed by atoms with Crippen LogP contribution in [-0.4, -0.2) is 26.2 Å². The third-order valence-corrected chi connectivity index (χ3v) is 3.64. The van der Waals surface area contributed by atoms with E-state index in [0.29, 0.717) is 5.56 Å². The second-order valence-electron chi connectivity index (χ2n) is 5.89. The van der Waals surface area contributed by atoms with Crippen LogP contribution in [0.2, 0.25) is 0 Å². The maximum atomic E-state index is 12.4. The summed E-state index contributed by atoms with van der Waals surface area (Å²) in [5.41, 5.74) is 1.59. The van der Waals surface area contributed by atoms with Crippen molar-refractivity contribution in [3.8, 4) is 23.0 Å². The molecule has 130 valence electrons. The van der Waals surface area contributed by atoms with Gasteiger partial charge < -0.3 is 20.4 Å². The van der Waals surface area contributed by atoms with Gasteiger partial charge in [-0.25, -0.2) is 0 Å². The molecule has 25 heavy (non-hydrogen) atoms. The van der Waals surface area contributed by atoms with Crippen molar-refractivity contribution in [2.45, 2.75) is 20.3 Å². The van der Waals surface area contributed by atoms with E-state index in [1.54, 1.807) is 18.2 Å². The predicted octanol–water partition coefficient (Wildman–Crippen LogP) is 3.91. The van der Waals surface area contributed by atoms with Crippen LogP contribution >= 0.6 is 0 Å². The lowest BCUT2D eigenvalue weighted by Gasteiger charge is -2.11. The molecule has 0 amide bonds. The van der Waals surface area contributed by atoms with Gasteiger partial charge in [-0.2, -0.15) is 0 Å². The zero-order chi connectivity index (χ0) is 18.6. The third kappa shape index (κ3) is 4.41. The van der Waals surface area contributed by atoms with Gasteiger partial charge in [0.2, 0.25) is 0 Å². The van der Waals surface area contributed by atoms with Crippen LogP contribution in [0.15, 0.2) is 48.1 Å². The van der Waals surface area contributed by atoms with E-state index in [9.17, 15) is 25.2 Å². The summed E-state index contributed by atoms with van der Waals surface area (Å²) in [6.07, 6.45) is 4.75. The lowest BCUT2D eigenvalue weighted by Crippen LogP contribution is -1.99. The van der Waals surface area contributed by atoms with Gasteiger partial charge in [0, 0.05) is 11.6 Å². The van der Waals surface area contributed by atoms with Gasteiger partial charge in [-0.1, -0.05) is 29.9 Å². The second kappa shape index (κ2) is 7.57. The Balaban J connectivity index is 2.37. The number of ketones is 1. The molecule has 2 aromatic carbocycles. The first-order valence-electron chi connectivity index (χ1n) is 7.71. The highest BCUT2D eigenvalue weighted by Crippen LogP contribution is 2.38. The first-order chi connectivity index (χ1) is 11.8. The molecule has 0 fully saturated rings. The SMILES string of the molecule is CC(C)=CCc1c(O)cc(O)c(C(=O)C=Cc2ccc(O)cc2)c1O. The largest absolute Gasteiger partial charge is 0.508 e. The number of carbonyl (C=O) groups is 1. The quantitative estimate of drug-likeness (QED) is 0.376. The summed E-state index contributed by atoms with van der Waals surface area (Å²) in [6, 6.07) is 7.26. The summed E-state index contributed by atoms with van der Waals surface area (Å²) >= 11 is 0. The average Bonchev–Trinajstić information content (AvgIpc) is 2.53. The number of hydrogen-bond donors (Lipinski definition) is 4. The Morgan fingerprint density at radius 1 is 1.00 bits per heavy atom. The van der Waals surface area contributed by atoms with E-state index in [-0.39, 0.29) is 29.0 Å². The van der Waals surface area contributed by atoms with E-state index in [4.69, 9.17) is 0 Å². The molecule has 5 heteroatoms. The molecule has 0 unspecified atom stereocenters. The van der Waals surface area contributed by atoms with Crippen LogP contribution in [0.4, 0.5) is 0 Å². The van der Waals surface area contributed by atoms with Gasteiger partial charge in [0.05, 0.1) is 0 Å². The standard InChI is InChI=1S/C20H20O5/c1-12(2)3-9-15-17(23)11-18(24)19(20(15)25)16(22)10-6-13-4-7-14(21)8-5-13/h3-8,10-11,21,23-25H,9H2,1-2H3. The number of allylic oxidation sites excluding steroid dienone is 3. The Labute approximate surface area is 145 Å². The molecule has 2 aromatic rings. The number of carbonyl (C=O) groups excluding carboxylic acids is 1. The monoisotopic (exact) mass is 340 g/mol. The molecule has 0 radical (unpaired) electrons. The fourth-order valence-corrected chi connectivity index (χ4v) is 2.27. The predicted molar refractivity (Wildman–Crippen MR) is 96.0 cm³/mol. The summed E-state index contributed by atoms with van der Waals surface area (Å²) < 4.78 is 0. The van der Waals surface area contributed by atoms with E-state index in [2.05, 4.69) is 0 Å². The average molecular weight is 340 g/mol. The van der Waals surface area contributed by atoms with Crippen molar-refractivity contribution in [2.24, 2.45) is 0 Å². The summed E-state index contributed by atoms with van der Waals surface area (Å²) in [5.74, 6) is -1.68. The molecule has 0 spiro atoms. The number of phenols is 4. The molecule has 2 rings (SSSR count). The van der Waals surface area contributed by atoms with Gasteiger partial charge >= 0.3 is 0 Å². The molecule has 4 N–H and O–H groups in total. The van der Waals surface area contributed by atoms with E-state index in [1.165, 1.54) is 24.3 Å². The van der Waals surface area contributed by atoms with Gasteiger partial charge in [-0.05, 0) is 44.0 Å². The van der Waals surface area contributed by atoms with E-state index < -0.39 is 17.3 Å². The number of phenolic OH excluding ortho intramolecular Hbond substituents is 4. The van der Waals surface area contributed by atoms with Crippen LogP contribution in [0.25, 0.3) is 6.08 Å². The van der Waals surface area contributed by atoms with Crippen molar-refractivity contribution < 1.29 is 25.2 Å². The molecule has 0 atom stereocenters. The van der Waals surface area contributed by atoms with Crippen molar-refractivity contribution in [3.63, 3.8) is 0 Å². The number of rotatable bonds is 5. The maximum absolute atomic E-state index is 12.4. The van der Waals surface area contributed by atoms with Crippen molar-refractivity contribution in [1.29, 1.82) is 0 Å². The Morgan fingerprint density at radius 3 is 2.24 bits per heavy atom. The zero-order valence-corrected chi connectivity index (χ0v) is 14.0. The molecule has 0 aliphatic carbocycles. The number of hydrogen-bond acceptors (Lipinski definition) is 5. The third-order valence-electron chi connectivity index (χ3n) is 3.64. The fourth-order valence-electron chi connectivity index (χ4n) is 2.27. The van der Waals surface area contributed by atoms with Crippen LogP contribution in [-0.2, 0) is 6.42 Å². The lowest BCUT2D eigenvalue weighted by atomic mass is 9.99. The van der Waals surface area contributed by atoms with Crippen LogP contribution in [0, 0.1) is 0 Å². The number of benzene rings is 2. The molecule has 0 saturated carbocycles. The molecule has 0 heterocycles. The molecule has 0 saturated heterocycles. The van der Waals surface area contributed by atoms with Crippen LogP contribution in [0.3, 0.4) is 0 Å². The first-order valence-corrected chi connectivity index (χ1v) is 7.71. The molecule has 5 nitrogen and oxygen atoms in total. The van der Waals surface area contributed by atoms with Crippen molar-refractivity contribution >= 4 is 11.9 Å².